The number of carbonyl (C=O) groups is 2. The molecule has 4 heteroatoms. The fourth-order valence-corrected chi connectivity index (χ4v) is 1.67. The summed E-state index contributed by atoms with van der Waals surface area (Å²) in [4.78, 5) is 22.0. The molecule has 0 aliphatic heterocycles. The molecule has 1 aromatic carbocycles. The van der Waals surface area contributed by atoms with Crippen LogP contribution >= 0.6 is 0 Å². The molecule has 2 aromatic rings. The molecule has 1 N–H and O–H groups in total. The van der Waals surface area contributed by atoms with E-state index in [1.54, 1.807) is 19.1 Å². The van der Waals surface area contributed by atoms with Gasteiger partial charge in [-0.2, -0.15) is 0 Å². The predicted molar refractivity (Wildman–Crippen MR) is 57.9 cm³/mol. The minimum absolute atomic E-state index is 0.0440. The second-order valence-corrected chi connectivity index (χ2v) is 3.68. The summed E-state index contributed by atoms with van der Waals surface area (Å²) < 4.78 is 5.13. The number of fused-ring (bicyclic) bond motifs is 1. The van der Waals surface area contributed by atoms with Gasteiger partial charge in [-0.3, -0.25) is 4.79 Å². The van der Waals surface area contributed by atoms with E-state index in [9.17, 15) is 9.59 Å². The van der Waals surface area contributed by atoms with Crippen molar-refractivity contribution in [2.45, 2.75) is 13.8 Å². The van der Waals surface area contributed by atoms with Gasteiger partial charge in [0.25, 0.3) is 0 Å². The molecule has 0 spiro atoms. The molecular weight excluding hydrogens is 208 g/mol. The number of rotatable bonds is 2. The Balaban J connectivity index is 2.70. The zero-order valence-corrected chi connectivity index (χ0v) is 8.90. The Morgan fingerprint density at radius 3 is 2.50 bits per heavy atom. The van der Waals surface area contributed by atoms with Crippen molar-refractivity contribution in [3.63, 3.8) is 0 Å². The molecular formula is C12H10O4. The van der Waals surface area contributed by atoms with Crippen molar-refractivity contribution >= 4 is 22.7 Å². The third-order valence-corrected chi connectivity index (χ3v) is 2.45. The molecule has 1 heterocycles. The minimum atomic E-state index is -1.11. The zero-order valence-electron chi connectivity index (χ0n) is 8.90. The van der Waals surface area contributed by atoms with Gasteiger partial charge in [0.1, 0.15) is 5.58 Å². The van der Waals surface area contributed by atoms with Gasteiger partial charge in [0, 0.05) is 10.9 Å². The highest BCUT2D eigenvalue weighted by atomic mass is 16.4. The molecule has 0 aliphatic rings. The van der Waals surface area contributed by atoms with Crippen LogP contribution in [0.2, 0.25) is 0 Å². The van der Waals surface area contributed by atoms with Crippen molar-refractivity contribution in [3.05, 3.63) is 35.1 Å². The lowest BCUT2D eigenvalue weighted by molar-refractivity contribution is 0.0664. The summed E-state index contributed by atoms with van der Waals surface area (Å²) in [5.74, 6) is -1.27. The lowest BCUT2D eigenvalue weighted by atomic mass is 10.0. The fourth-order valence-electron chi connectivity index (χ4n) is 1.67. The predicted octanol–water partition coefficient (Wildman–Crippen LogP) is 2.64. The highest BCUT2D eigenvalue weighted by molar-refractivity contribution is 6.00. The van der Waals surface area contributed by atoms with Crippen LogP contribution in [0.5, 0.6) is 0 Å². The number of aryl methyl sites for hydroxylation is 1. The van der Waals surface area contributed by atoms with Crippen molar-refractivity contribution in [1.82, 2.24) is 0 Å². The summed E-state index contributed by atoms with van der Waals surface area (Å²) in [5, 5.41) is 9.41. The van der Waals surface area contributed by atoms with Crippen molar-refractivity contribution < 1.29 is 19.1 Å². The van der Waals surface area contributed by atoms with E-state index in [1.807, 2.05) is 0 Å². The minimum Gasteiger partial charge on any atom is -0.475 e. The Morgan fingerprint density at radius 2 is 1.94 bits per heavy atom. The molecule has 82 valence electrons. The summed E-state index contributed by atoms with van der Waals surface area (Å²) in [7, 11) is 0. The second kappa shape index (κ2) is 3.48. The summed E-state index contributed by atoms with van der Waals surface area (Å²) in [6.45, 7) is 3.27. The molecule has 2 rings (SSSR count). The van der Waals surface area contributed by atoms with E-state index in [2.05, 4.69) is 0 Å². The first-order valence-electron chi connectivity index (χ1n) is 4.77. The van der Waals surface area contributed by atoms with Crippen LogP contribution in [0.15, 0.2) is 22.6 Å². The van der Waals surface area contributed by atoms with Gasteiger partial charge < -0.3 is 9.52 Å². The summed E-state index contributed by atoms with van der Waals surface area (Å²) in [6.07, 6.45) is 0. The molecule has 0 unspecified atom stereocenters. The number of carboxylic acids is 1. The Hall–Kier alpha value is -2.10. The van der Waals surface area contributed by atoms with Crippen LogP contribution in [-0.4, -0.2) is 16.9 Å². The number of ketones is 1. The number of carbonyl (C=O) groups excluding carboxylic acids is 1. The highest BCUT2D eigenvalue weighted by Gasteiger charge is 2.13. The Morgan fingerprint density at radius 1 is 1.25 bits per heavy atom. The van der Waals surface area contributed by atoms with Crippen LogP contribution in [0, 0.1) is 6.92 Å². The number of furan rings is 1. The molecule has 0 bridgehead atoms. The van der Waals surface area contributed by atoms with E-state index >= 15 is 0 Å². The fraction of sp³-hybridized carbons (Fsp3) is 0.167. The first kappa shape index (κ1) is 10.4. The largest absolute Gasteiger partial charge is 0.475 e. The number of hydrogen-bond donors (Lipinski definition) is 1. The Kier molecular flexibility index (Phi) is 2.27. The number of hydrogen-bond acceptors (Lipinski definition) is 3. The SMILES string of the molecule is CC(=O)c1cc2cc(C(=O)O)oc2cc1C. The molecule has 0 aliphatic carbocycles. The van der Waals surface area contributed by atoms with Crippen molar-refractivity contribution in [2.24, 2.45) is 0 Å². The molecule has 0 atom stereocenters. The molecule has 0 amide bonds. The first-order chi connectivity index (χ1) is 7.49. The molecule has 16 heavy (non-hydrogen) atoms. The number of carboxylic acid groups (broad SMARTS) is 1. The number of Topliss-reactive ketones (excluding diaryl/α,β-unsaturated/α-hetero) is 1. The van der Waals surface area contributed by atoms with E-state index in [0.29, 0.717) is 16.5 Å². The van der Waals surface area contributed by atoms with E-state index in [4.69, 9.17) is 9.52 Å². The van der Waals surface area contributed by atoms with Crippen molar-refractivity contribution in [3.8, 4) is 0 Å². The Bertz CT molecular complexity index is 592. The highest BCUT2D eigenvalue weighted by Crippen LogP contribution is 2.23. The van der Waals surface area contributed by atoms with Gasteiger partial charge in [0.2, 0.25) is 5.76 Å². The molecule has 4 nitrogen and oxygen atoms in total. The van der Waals surface area contributed by atoms with Crippen LogP contribution in [0.3, 0.4) is 0 Å². The second-order valence-electron chi connectivity index (χ2n) is 3.68. The zero-order chi connectivity index (χ0) is 11.9. The topological polar surface area (TPSA) is 67.5 Å². The normalized spacial score (nSPS) is 10.6. The molecule has 0 fully saturated rings. The lowest BCUT2D eigenvalue weighted by Gasteiger charge is -2.00. The van der Waals surface area contributed by atoms with Crippen LogP contribution in [0.1, 0.15) is 33.4 Å². The summed E-state index contributed by atoms with van der Waals surface area (Å²) >= 11 is 0. The van der Waals surface area contributed by atoms with Crippen LogP contribution < -0.4 is 0 Å². The Labute approximate surface area is 91.5 Å². The smallest absolute Gasteiger partial charge is 0.371 e. The maximum atomic E-state index is 11.3. The van der Waals surface area contributed by atoms with E-state index in [1.165, 1.54) is 13.0 Å². The quantitative estimate of drug-likeness (QED) is 0.787. The molecule has 0 radical (unpaired) electrons. The van der Waals surface area contributed by atoms with Crippen LogP contribution in [0.4, 0.5) is 0 Å². The van der Waals surface area contributed by atoms with E-state index in [0.717, 1.165) is 5.56 Å². The number of benzene rings is 1. The lowest BCUT2D eigenvalue weighted by Crippen LogP contribution is -1.94. The van der Waals surface area contributed by atoms with Gasteiger partial charge in [-0.1, -0.05) is 0 Å². The van der Waals surface area contributed by atoms with Gasteiger partial charge in [-0.25, -0.2) is 4.79 Å². The van der Waals surface area contributed by atoms with Gasteiger partial charge in [0.15, 0.2) is 5.78 Å². The number of aromatic carboxylic acids is 1. The average molecular weight is 218 g/mol. The van der Waals surface area contributed by atoms with Crippen LogP contribution in [0.25, 0.3) is 11.0 Å². The maximum Gasteiger partial charge on any atom is 0.371 e. The third kappa shape index (κ3) is 1.58. The van der Waals surface area contributed by atoms with Gasteiger partial charge >= 0.3 is 5.97 Å². The van der Waals surface area contributed by atoms with E-state index in [-0.39, 0.29) is 11.5 Å². The van der Waals surface area contributed by atoms with Gasteiger partial charge in [0.05, 0.1) is 0 Å². The molecule has 0 saturated heterocycles. The first-order valence-corrected chi connectivity index (χ1v) is 4.77. The maximum absolute atomic E-state index is 11.3. The molecule has 1 aromatic heterocycles. The van der Waals surface area contributed by atoms with E-state index < -0.39 is 5.97 Å². The van der Waals surface area contributed by atoms with Gasteiger partial charge in [-0.05, 0) is 37.6 Å². The van der Waals surface area contributed by atoms with Crippen molar-refractivity contribution in [2.75, 3.05) is 0 Å². The summed E-state index contributed by atoms with van der Waals surface area (Å²) in [6, 6.07) is 4.75. The average Bonchev–Trinajstić information content (AvgIpc) is 2.58. The van der Waals surface area contributed by atoms with Crippen molar-refractivity contribution in [1.29, 1.82) is 0 Å². The molecule has 0 saturated carbocycles. The summed E-state index contributed by atoms with van der Waals surface area (Å²) in [5.41, 5.74) is 1.86. The standard InChI is InChI=1S/C12H10O4/c1-6-3-10-8(4-9(6)7(2)13)5-11(16-10)12(14)15/h3-5H,1-2H3,(H,14,15). The monoisotopic (exact) mass is 218 g/mol. The van der Waals surface area contributed by atoms with Gasteiger partial charge in [-0.15, -0.1) is 0 Å². The third-order valence-electron chi connectivity index (χ3n) is 2.45. The van der Waals surface area contributed by atoms with Crippen LogP contribution in [-0.2, 0) is 0 Å².